The van der Waals surface area contributed by atoms with Gasteiger partial charge in [0.05, 0.1) is 12.8 Å². The van der Waals surface area contributed by atoms with E-state index in [-0.39, 0.29) is 0 Å². The van der Waals surface area contributed by atoms with Crippen LogP contribution in [0.25, 0.3) is 0 Å². The Bertz CT molecular complexity index is 416. The average Bonchev–Trinajstić information content (AvgIpc) is 2.96. The molecule has 1 heterocycles. The van der Waals surface area contributed by atoms with E-state index in [0.717, 1.165) is 43.2 Å². The summed E-state index contributed by atoms with van der Waals surface area (Å²) >= 11 is 0. The molecule has 112 valence electrons. The van der Waals surface area contributed by atoms with Gasteiger partial charge in [-0.05, 0) is 32.7 Å². The van der Waals surface area contributed by atoms with Crippen molar-refractivity contribution in [3.63, 3.8) is 0 Å². The van der Waals surface area contributed by atoms with Crippen LogP contribution in [0.5, 0.6) is 5.75 Å². The molecule has 1 saturated carbocycles. The van der Waals surface area contributed by atoms with Crippen LogP contribution in [-0.4, -0.2) is 36.1 Å². The predicted octanol–water partition coefficient (Wildman–Crippen LogP) is 2.49. The monoisotopic (exact) mass is 277 g/mol. The zero-order chi connectivity index (χ0) is 14.4. The lowest BCUT2D eigenvalue weighted by atomic mass is 10.1. The predicted molar refractivity (Wildman–Crippen MR) is 81.9 cm³/mol. The number of hydrogen-bond donors (Lipinski definition) is 1. The van der Waals surface area contributed by atoms with Crippen LogP contribution >= 0.6 is 0 Å². The van der Waals surface area contributed by atoms with E-state index in [1.165, 1.54) is 25.7 Å². The van der Waals surface area contributed by atoms with E-state index in [2.05, 4.69) is 16.0 Å². The number of methoxy groups -OCH3 is 1. The number of nitrogens with zero attached hydrogens (tertiary/aromatic N) is 2. The summed E-state index contributed by atoms with van der Waals surface area (Å²) in [5, 5.41) is 0. The molecule has 1 fully saturated rings. The van der Waals surface area contributed by atoms with Crippen LogP contribution in [0.1, 0.15) is 43.5 Å². The Morgan fingerprint density at radius 1 is 1.35 bits per heavy atom. The van der Waals surface area contributed by atoms with Crippen molar-refractivity contribution in [2.75, 3.05) is 20.2 Å². The number of hydrogen-bond acceptors (Lipinski definition) is 4. The summed E-state index contributed by atoms with van der Waals surface area (Å²) in [5.41, 5.74) is 7.80. The fraction of sp³-hybridized carbons (Fsp3) is 0.688. The van der Waals surface area contributed by atoms with Gasteiger partial charge in [0.2, 0.25) is 0 Å². The summed E-state index contributed by atoms with van der Waals surface area (Å²) in [5.74, 6) is 0.901. The molecule has 0 atom stereocenters. The maximum Gasteiger partial charge on any atom is 0.122 e. The minimum Gasteiger partial charge on any atom is -0.497 e. The number of pyridine rings is 1. The second-order valence-electron chi connectivity index (χ2n) is 5.69. The van der Waals surface area contributed by atoms with Gasteiger partial charge in [0, 0.05) is 37.0 Å². The average molecular weight is 277 g/mol. The van der Waals surface area contributed by atoms with Gasteiger partial charge >= 0.3 is 0 Å². The topological polar surface area (TPSA) is 51.4 Å². The Morgan fingerprint density at radius 2 is 2.10 bits per heavy atom. The van der Waals surface area contributed by atoms with Crippen molar-refractivity contribution < 1.29 is 4.74 Å². The van der Waals surface area contributed by atoms with Gasteiger partial charge in [0.25, 0.3) is 0 Å². The first-order chi connectivity index (χ1) is 9.72. The van der Waals surface area contributed by atoms with Gasteiger partial charge in [0.15, 0.2) is 0 Å². The maximum atomic E-state index is 5.68. The molecule has 2 rings (SSSR count). The van der Waals surface area contributed by atoms with E-state index in [1.54, 1.807) is 7.11 Å². The van der Waals surface area contributed by atoms with E-state index in [4.69, 9.17) is 10.5 Å². The molecular formula is C16H27N3O. The Hall–Kier alpha value is -1.13. The Balaban J connectivity index is 2.07. The quantitative estimate of drug-likeness (QED) is 0.832. The van der Waals surface area contributed by atoms with Crippen LogP contribution in [0.15, 0.2) is 12.1 Å². The van der Waals surface area contributed by atoms with Crippen molar-refractivity contribution in [2.24, 2.45) is 5.73 Å². The van der Waals surface area contributed by atoms with Crippen LogP contribution in [0.3, 0.4) is 0 Å². The van der Waals surface area contributed by atoms with E-state index in [0.29, 0.717) is 6.04 Å². The number of rotatable bonds is 7. The minimum atomic E-state index is 0.704. The molecule has 2 N–H and O–H groups in total. The molecule has 1 aromatic heterocycles. The fourth-order valence-corrected chi connectivity index (χ4v) is 3.06. The first kappa shape index (κ1) is 15.3. The molecule has 4 nitrogen and oxygen atoms in total. The molecule has 0 amide bonds. The molecule has 1 aromatic rings. The van der Waals surface area contributed by atoms with E-state index >= 15 is 0 Å². The van der Waals surface area contributed by atoms with Gasteiger partial charge in [-0.1, -0.05) is 12.8 Å². The summed E-state index contributed by atoms with van der Waals surface area (Å²) in [6.45, 7) is 4.75. The molecule has 1 aliphatic rings. The molecule has 4 heteroatoms. The standard InChI is InChI=1S/C16H27N3O/c1-13-10-16(20-2)11-14(18-13)12-19(9-5-8-17)15-6-3-4-7-15/h10-11,15H,3-9,12,17H2,1-2H3. The lowest BCUT2D eigenvalue weighted by Crippen LogP contribution is -2.34. The Kier molecular flexibility index (Phi) is 5.80. The van der Waals surface area contributed by atoms with Crippen LogP contribution in [-0.2, 0) is 6.54 Å². The summed E-state index contributed by atoms with van der Waals surface area (Å²) in [4.78, 5) is 7.20. The molecule has 0 unspecified atom stereocenters. The fourth-order valence-electron chi connectivity index (χ4n) is 3.06. The third kappa shape index (κ3) is 4.18. The molecule has 0 aliphatic heterocycles. The summed E-state index contributed by atoms with van der Waals surface area (Å²) in [7, 11) is 1.71. The normalized spacial score (nSPS) is 16.0. The van der Waals surface area contributed by atoms with Crippen molar-refractivity contribution in [3.05, 3.63) is 23.5 Å². The van der Waals surface area contributed by atoms with E-state index in [9.17, 15) is 0 Å². The molecule has 20 heavy (non-hydrogen) atoms. The van der Waals surface area contributed by atoms with Crippen molar-refractivity contribution in [3.8, 4) is 5.75 Å². The van der Waals surface area contributed by atoms with Gasteiger partial charge in [-0.2, -0.15) is 0 Å². The third-order valence-electron chi connectivity index (χ3n) is 4.07. The van der Waals surface area contributed by atoms with Crippen molar-refractivity contribution in [2.45, 2.75) is 51.6 Å². The number of aromatic nitrogens is 1. The third-order valence-corrected chi connectivity index (χ3v) is 4.07. The molecule has 0 saturated heterocycles. The SMILES string of the molecule is COc1cc(C)nc(CN(CCCN)C2CCCC2)c1. The highest BCUT2D eigenvalue weighted by Crippen LogP contribution is 2.25. The lowest BCUT2D eigenvalue weighted by Gasteiger charge is -2.28. The largest absolute Gasteiger partial charge is 0.497 e. The zero-order valence-electron chi connectivity index (χ0n) is 12.8. The number of ether oxygens (including phenoxy) is 1. The first-order valence-corrected chi connectivity index (χ1v) is 7.68. The summed E-state index contributed by atoms with van der Waals surface area (Å²) in [6, 6.07) is 4.73. The van der Waals surface area contributed by atoms with E-state index < -0.39 is 0 Å². The second kappa shape index (κ2) is 7.60. The van der Waals surface area contributed by atoms with Gasteiger partial charge < -0.3 is 10.5 Å². The highest BCUT2D eigenvalue weighted by atomic mass is 16.5. The van der Waals surface area contributed by atoms with Gasteiger partial charge in [0.1, 0.15) is 5.75 Å². The van der Waals surface area contributed by atoms with Gasteiger partial charge in [-0.3, -0.25) is 9.88 Å². The van der Waals surface area contributed by atoms with Crippen LogP contribution in [0.4, 0.5) is 0 Å². The van der Waals surface area contributed by atoms with Crippen molar-refractivity contribution in [1.29, 1.82) is 0 Å². The number of aryl methyl sites for hydroxylation is 1. The second-order valence-corrected chi connectivity index (χ2v) is 5.69. The van der Waals surface area contributed by atoms with Crippen molar-refractivity contribution >= 4 is 0 Å². The first-order valence-electron chi connectivity index (χ1n) is 7.68. The highest BCUT2D eigenvalue weighted by Gasteiger charge is 2.22. The highest BCUT2D eigenvalue weighted by molar-refractivity contribution is 5.26. The molecule has 0 radical (unpaired) electrons. The Morgan fingerprint density at radius 3 is 2.75 bits per heavy atom. The molecule has 1 aliphatic carbocycles. The van der Waals surface area contributed by atoms with Crippen molar-refractivity contribution in [1.82, 2.24) is 9.88 Å². The summed E-state index contributed by atoms with van der Waals surface area (Å²) < 4.78 is 5.35. The molecule has 0 spiro atoms. The van der Waals surface area contributed by atoms with Crippen LogP contribution in [0.2, 0.25) is 0 Å². The molecular weight excluding hydrogens is 250 g/mol. The lowest BCUT2D eigenvalue weighted by molar-refractivity contribution is 0.186. The van der Waals surface area contributed by atoms with Gasteiger partial charge in [-0.15, -0.1) is 0 Å². The van der Waals surface area contributed by atoms with E-state index in [1.807, 2.05) is 13.0 Å². The zero-order valence-corrected chi connectivity index (χ0v) is 12.8. The molecule has 0 aromatic carbocycles. The minimum absolute atomic E-state index is 0.704. The van der Waals surface area contributed by atoms with Crippen LogP contribution < -0.4 is 10.5 Å². The maximum absolute atomic E-state index is 5.68. The Labute approximate surface area is 122 Å². The van der Waals surface area contributed by atoms with Crippen LogP contribution in [0, 0.1) is 6.92 Å². The van der Waals surface area contributed by atoms with Gasteiger partial charge in [-0.25, -0.2) is 0 Å². The number of nitrogens with two attached hydrogens (primary N) is 1. The summed E-state index contributed by atoms with van der Waals surface area (Å²) in [6.07, 6.45) is 6.39. The molecule has 0 bridgehead atoms. The smallest absolute Gasteiger partial charge is 0.122 e.